The van der Waals surface area contributed by atoms with Gasteiger partial charge in [0.25, 0.3) is 0 Å². The zero-order chi connectivity index (χ0) is 19.6. The number of pyridine rings is 1. The van der Waals surface area contributed by atoms with Crippen molar-refractivity contribution in [1.29, 1.82) is 0 Å². The summed E-state index contributed by atoms with van der Waals surface area (Å²) in [4.78, 5) is 29.5. The van der Waals surface area contributed by atoms with Crippen LogP contribution in [0.4, 0.5) is 4.79 Å². The van der Waals surface area contributed by atoms with Crippen LogP contribution < -0.4 is 5.32 Å². The van der Waals surface area contributed by atoms with E-state index < -0.39 is 5.97 Å². The van der Waals surface area contributed by atoms with Gasteiger partial charge in [-0.15, -0.1) is 0 Å². The van der Waals surface area contributed by atoms with E-state index in [1.54, 1.807) is 24.3 Å². The largest absolute Gasteiger partial charge is 0.481 e. The van der Waals surface area contributed by atoms with E-state index in [9.17, 15) is 9.59 Å². The summed E-state index contributed by atoms with van der Waals surface area (Å²) < 4.78 is 0. The molecule has 0 saturated carbocycles. The van der Waals surface area contributed by atoms with Gasteiger partial charge in [0.2, 0.25) is 0 Å². The normalized spacial score (nSPS) is 12.8. The lowest BCUT2D eigenvalue weighted by Gasteiger charge is -2.30. The molecule has 27 heavy (non-hydrogen) atoms. The van der Waals surface area contributed by atoms with Gasteiger partial charge < -0.3 is 15.3 Å². The number of nitrogens with one attached hydrogen (secondary N) is 1. The van der Waals surface area contributed by atoms with Crippen LogP contribution in [-0.4, -0.2) is 40.1 Å². The molecule has 0 bridgehead atoms. The first-order valence-corrected chi connectivity index (χ1v) is 9.20. The Morgan fingerprint density at radius 2 is 1.81 bits per heavy atom. The quantitative estimate of drug-likeness (QED) is 0.707. The van der Waals surface area contributed by atoms with Gasteiger partial charge in [-0.1, -0.05) is 37.3 Å². The zero-order valence-electron chi connectivity index (χ0n) is 15.8. The number of carbonyl (C=O) groups is 2. The SMILES string of the molecule is CCC(c1ccncc1)N(C)C(=O)NC(CCC(=O)O)Cc1ccccc1. The van der Waals surface area contributed by atoms with E-state index in [0.717, 1.165) is 17.5 Å². The van der Waals surface area contributed by atoms with Gasteiger partial charge in [-0.25, -0.2) is 4.79 Å². The number of hydrogen-bond acceptors (Lipinski definition) is 3. The zero-order valence-corrected chi connectivity index (χ0v) is 15.8. The number of carboxylic acids is 1. The molecule has 1 aromatic heterocycles. The van der Waals surface area contributed by atoms with Crippen molar-refractivity contribution in [1.82, 2.24) is 15.2 Å². The minimum atomic E-state index is -0.862. The summed E-state index contributed by atoms with van der Waals surface area (Å²) in [5.41, 5.74) is 2.09. The average molecular weight is 369 g/mol. The molecular weight excluding hydrogens is 342 g/mol. The fraction of sp³-hybridized carbons (Fsp3) is 0.381. The predicted molar refractivity (Wildman–Crippen MR) is 104 cm³/mol. The first-order valence-electron chi connectivity index (χ1n) is 9.20. The van der Waals surface area contributed by atoms with Crippen molar-refractivity contribution >= 4 is 12.0 Å². The molecule has 6 heteroatoms. The Morgan fingerprint density at radius 1 is 1.15 bits per heavy atom. The topological polar surface area (TPSA) is 82.5 Å². The third-order valence-electron chi connectivity index (χ3n) is 4.62. The molecule has 0 fully saturated rings. The highest BCUT2D eigenvalue weighted by molar-refractivity contribution is 5.75. The number of amides is 2. The second kappa shape index (κ2) is 10.3. The van der Waals surface area contributed by atoms with Crippen molar-refractivity contribution in [2.75, 3.05) is 7.05 Å². The molecule has 1 aromatic carbocycles. The first-order chi connectivity index (χ1) is 13.0. The summed E-state index contributed by atoms with van der Waals surface area (Å²) >= 11 is 0. The Balaban J connectivity index is 2.07. The van der Waals surface area contributed by atoms with Gasteiger partial charge in [0.15, 0.2) is 0 Å². The number of hydrogen-bond donors (Lipinski definition) is 2. The van der Waals surface area contributed by atoms with Crippen LogP contribution in [0.25, 0.3) is 0 Å². The summed E-state index contributed by atoms with van der Waals surface area (Å²) in [5.74, 6) is -0.862. The van der Waals surface area contributed by atoms with Crippen LogP contribution in [0.5, 0.6) is 0 Å². The third kappa shape index (κ3) is 6.40. The monoisotopic (exact) mass is 369 g/mol. The summed E-state index contributed by atoms with van der Waals surface area (Å²) in [7, 11) is 1.76. The van der Waals surface area contributed by atoms with Crippen LogP contribution in [0.1, 0.15) is 43.4 Å². The fourth-order valence-electron chi connectivity index (χ4n) is 3.16. The molecule has 2 unspecified atom stereocenters. The highest BCUT2D eigenvalue weighted by atomic mass is 16.4. The highest BCUT2D eigenvalue weighted by Crippen LogP contribution is 2.22. The molecular formula is C21H27N3O3. The number of nitrogens with zero attached hydrogens (tertiary/aromatic N) is 2. The standard InChI is InChI=1S/C21H27N3O3/c1-3-19(17-11-13-22-14-12-17)24(2)21(27)23-18(9-10-20(25)26)15-16-7-5-4-6-8-16/h4-8,11-14,18-19H,3,9-10,15H2,1-2H3,(H,23,27)(H,25,26). The molecule has 2 N–H and O–H groups in total. The van der Waals surface area contributed by atoms with Crippen LogP contribution >= 0.6 is 0 Å². The number of rotatable bonds is 9. The van der Waals surface area contributed by atoms with Gasteiger partial charge in [0, 0.05) is 31.9 Å². The summed E-state index contributed by atoms with van der Waals surface area (Å²) in [6.07, 6.45) is 5.20. The Morgan fingerprint density at radius 3 is 2.41 bits per heavy atom. The van der Waals surface area contributed by atoms with Gasteiger partial charge in [-0.2, -0.15) is 0 Å². The molecule has 0 aliphatic heterocycles. The van der Waals surface area contributed by atoms with Crippen LogP contribution in [0.2, 0.25) is 0 Å². The minimum Gasteiger partial charge on any atom is -0.481 e. The van der Waals surface area contributed by atoms with E-state index in [1.165, 1.54) is 0 Å². The van der Waals surface area contributed by atoms with E-state index in [0.29, 0.717) is 12.8 Å². The Labute approximate surface area is 160 Å². The first kappa shape index (κ1) is 20.4. The van der Waals surface area contributed by atoms with E-state index in [1.807, 2.05) is 49.4 Å². The van der Waals surface area contributed by atoms with Crippen LogP contribution in [0, 0.1) is 0 Å². The molecule has 6 nitrogen and oxygen atoms in total. The molecule has 0 aliphatic carbocycles. The predicted octanol–water partition coefficient (Wildman–Crippen LogP) is 3.65. The van der Waals surface area contributed by atoms with Gasteiger partial charge in [0.1, 0.15) is 0 Å². The van der Waals surface area contributed by atoms with Crippen LogP contribution in [0.3, 0.4) is 0 Å². The number of carboxylic acid groups (broad SMARTS) is 1. The van der Waals surface area contributed by atoms with Crippen molar-refractivity contribution in [2.45, 2.75) is 44.7 Å². The molecule has 2 amide bonds. The number of aliphatic carboxylic acids is 1. The lowest BCUT2D eigenvalue weighted by Crippen LogP contribution is -2.45. The van der Waals surface area contributed by atoms with Crippen molar-refractivity contribution in [2.24, 2.45) is 0 Å². The van der Waals surface area contributed by atoms with Crippen molar-refractivity contribution in [3.05, 3.63) is 66.0 Å². The maximum atomic E-state index is 12.8. The number of aromatic nitrogens is 1. The van der Waals surface area contributed by atoms with Crippen molar-refractivity contribution in [3.63, 3.8) is 0 Å². The van der Waals surface area contributed by atoms with Crippen LogP contribution in [-0.2, 0) is 11.2 Å². The highest BCUT2D eigenvalue weighted by Gasteiger charge is 2.23. The van der Waals surface area contributed by atoms with Gasteiger partial charge in [-0.05, 0) is 42.5 Å². The molecule has 0 radical (unpaired) electrons. The molecule has 2 rings (SSSR count). The van der Waals surface area contributed by atoms with Crippen molar-refractivity contribution in [3.8, 4) is 0 Å². The van der Waals surface area contributed by atoms with Gasteiger partial charge >= 0.3 is 12.0 Å². The van der Waals surface area contributed by atoms with Crippen molar-refractivity contribution < 1.29 is 14.7 Å². The third-order valence-corrected chi connectivity index (χ3v) is 4.62. The molecule has 0 spiro atoms. The van der Waals surface area contributed by atoms with Crippen LogP contribution in [0.15, 0.2) is 54.9 Å². The maximum Gasteiger partial charge on any atom is 0.317 e. The number of urea groups is 1. The fourth-order valence-corrected chi connectivity index (χ4v) is 3.16. The molecule has 2 aromatic rings. The van der Waals surface area contributed by atoms with Gasteiger partial charge in [-0.3, -0.25) is 9.78 Å². The maximum absolute atomic E-state index is 12.8. The summed E-state index contributed by atoms with van der Waals surface area (Å²) in [5, 5.41) is 12.0. The van der Waals surface area contributed by atoms with E-state index in [4.69, 9.17) is 5.11 Å². The molecule has 2 atom stereocenters. The number of benzene rings is 1. The number of carbonyl (C=O) groups excluding carboxylic acids is 1. The Bertz CT molecular complexity index is 722. The lowest BCUT2D eigenvalue weighted by atomic mass is 10.0. The molecule has 144 valence electrons. The minimum absolute atomic E-state index is 0.0169. The second-order valence-electron chi connectivity index (χ2n) is 6.58. The Kier molecular flexibility index (Phi) is 7.79. The second-order valence-corrected chi connectivity index (χ2v) is 6.58. The Hall–Kier alpha value is -2.89. The summed E-state index contributed by atoms with van der Waals surface area (Å²) in [6, 6.07) is 13.1. The summed E-state index contributed by atoms with van der Waals surface area (Å²) in [6.45, 7) is 2.03. The molecule has 0 saturated heterocycles. The molecule has 1 heterocycles. The smallest absolute Gasteiger partial charge is 0.317 e. The lowest BCUT2D eigenvalue weighted by molar-refractivity contribution is -0.137. The van der Waals surface area contributed by atoms with E-state index in [2.05, 4.69) is 10.3 Å². The average Bonchev–Trinajstić information content (AvgIpc) is 2.68. The van der Waals surface area contributed by atoms with Gasteiger partial charge in [0.05, 0.1) is 6.04 Å². The van der Waals surface area contributed by atoms with E-state index >= 15 is 0 Å². The molecule has 0 aliphatic rings. The van der Waals surface area contributed by atoms with E-state index in [-0.39, 0.29) is 24.5 Å².